The number of aromatic nitrogens is 1. The van der Waals surface area contributed by atoms with Crippen molar-refractivity contribution in [2.45, 2.75) is 26.8 Å². The molecule has 2 heterocycles. The van der Waals surface area contributed by atoms with Gasteiger partial charge in [-0.1, -0.05) is 13.8 Å². The topological polar surface area (TPSA) is 36.4 Å². The molecule has 1 unspecified atom stereocenters. The molecule has 0 bridgehead atoms. The maximum Gasteiger partial charge on any atom is 0.0476 e. The minimum Gasteiger partial charge on any atom is -0.396 e. The third-order valence-electron chi connectivity index (χ3n) is 4.03. The number of aliphatic hydroxyl groups is 1. The minimum atomic E-state index is 0.267. The van der Waals surface area contributed by atoms with Gasteiger partial charge in [0.1, 0.15) is 0 Å². The van der Waals surface area contributed by atoms with Crippen molar-refractivity contribution in [3.05, 3.63) is 30.1 Å². The van der Waals surface area contributed by atoms with Gasteiger partial charge in [-0.25, -0.2) is 0 Å². The lowest BCUT2D eigenvalue weighted by Crippen LogP contribution is -2.45. The molecule has 0 amide bonds. The van der Waals surface area contributed by atoms with Crippen LogP contribution in [-0.2, 0) is 6.54 Å². The van der Waals surface area contributed by atoms with Crippen LogP contribution >= 0.6 is 0 Å². The largest absolute Gasteiger partial charge is 0.396 e. The summed E-state index contributed by atoms with van der Waals surface area (Å²) in [4.78, 5) is 6.47. The Morgan fingerprint density at radius 3 is 2.76 bits per heavy atom. The molecule has 3 nitrogen and oxygen atoms in total. The summed E-state index contributed by atoms with van der Waals surface area (Å²) in [5.74, 6) is 0.387. The van der Waals surface area contributed by atoms with E-state index in [2.05, 4.69) is 35.9 Å². The van der Waals surface area contributed by atoms with Crippen molar-refractivity contribution in [3.8, 4) is 0 Å². The van der Waals surface area contributed by atoms with Gasteiger partial charge in [0.15, 0.2) is 0 Å². The fourth-order valence-electron chi connectivity index (χ4n) is 2.50. The maximum atomic E-state index is 9.47. The lowest BCUT2D eigenvalue weighted by molar-refractivity contribution is 0.0195. The van der Waals surface area contributed by atoms with Crippen LogP contribution in [0.1, 0.15) is 25.8 Å². The molecule has 0 aliphatic carbocycles. The van der Waals surface area contributed by atoms with Crippen LogP contribution < -0.4 is 0 Å². The van der Waals surface area contributed by atoms with Crippen LogP contribution in [0.5, 0.6) is 0 Å². The first-order valence-electron chi connectivity index (χ1n) is 6.34. The van der Waals surface area contributed by atoms with Gasteiger partial charge in [-0.2, -0.15) is 0 Å². The Hall–Kier alpha value is -0.930. The summed E-state index contributed by atoms with van der Waals surface area (Å²) in [7, 11) is 0. The van der Waals surface area contributed by atoms with Gasteiger partial charge in [-0.15, -0.1) is 0 Å². The van der Waals surface area contributed by atoms with Crippen molar-refractivity contribution in [2.75, 3.05) is 19.7 Å². The van der Waals surface area contributed by atoms with Crippen LogP contribution in [0, 0.1) is 11.3 Å². The Balaban J connectivity index is 1.96. The van der Waals surface area contributed by atoms with E-state index in [-0.39, 0.29) is 5.41 Å². The number of hydrogen-bond donors (Lipinski definition) is 1. The van der Waals surface area contributed by atoms with Crippen molar-refractivity contribution in [1.82, 2.24) is 9.88 Å². The highest BCUT2D eigenvalue weighted by Crippen LogP contribution is 2.35. The number of pyridine rings is 1. The Kier molecular flexibility index (Phi) is 3.79. The predicted octanol–water partition coefficient (Wildman–Crippen LogP) is 1.92. The first kappa shape index (κ1) is 12.5. The quantitative estimate of drug-likeness (QED) is 0.868. The molecular formula is C14H22N2O. The molecule has 0 radical (unpaired) electrons. The Bertz CT molecular complexity index is 350. The van der Waals surface area contributed by atoms with Crippen LogP contribution in [0.4, 0.5) is 0 Å². The number of aliphatic hydroxyl groups excluding tert-OH is 1. The zero-order valence-corrected chi connectivity index (χ0v) is 10.8. The Morgan fingerprint density at radius 1 is 1.41 bits per heavy atom. The third-order valence-corrected chi connectivity index (χ3v) is 4.03. The maximum absolute atomic E-state index is 9.47. The van der Waals surface area contributed by atoms with E-state index in [0.29, 0.717) is 12.5 Å². The van der Waals surface area contributed by atoms with Crippen LogP contribution in [-0.4, -0.2) is 34.7 Å². The van der Waals surface area contributed by atoms with Gasteiger partial charge in [0.2, 0.25) is 0 Å². The van der Waals surface area contributed by atoms with Gasteiger partial charge in [0, 0.05) is 32.1 Å². The zero-order chi connectivity index (χ0) is 12.3. The SMILES string of the molecule is CC1(C)CCN(Cc2ccncc2)CC1CO. The lowest BCUT2D eigenvalue weighted by atomic mass is 9.73. The summed E-state index contributed by atoms with van der Waals surface area (Å²) in [6.07, 6.45) is 4.84. The molecule has 0 spiro atoms. The molecule has 2 rings (SSSR count). The van der Waals surface area contributed by atoms with Gasteiger partial charge in [-0.05, 0) is 42.0 Å². The Labute approximate surface area is 103 Å². The fourth-order valence-corrected chi connectivity index (χ4v) is 2.50. The number of nitrogens with zero attached hydrogens (tertiary/aromatic N) is 2. The van der Waals surface area contributed by atoms with E-state index in [9.17, 15) is 5.11 Å². The van der Waals surface area contributed by atoms with Gasteiger partial charge >= 0.3 is 0 Å². The van der Waals surface area contributed by atoms with E-state index >= 15 is 0 Å². The smallest absolute Gasteiger partial charge is 0.0476 e. The van der Waals surface area contributed by atoms with Gasteiger partial charge in [-0.3, -0.25) is 9.88 Å². The van der Waals surface area contributed by atoms with Gasteiger partial charge in [0.05, 0.1) is 0 Å². The van der Waals surface area contributed by atoms with Crippen LogP contribution in [0.15, 0.2) is 24.5 Å². The molecule has 1 aliphatic rings. The molecule has 1 aromatic rings. The average Bonchev–Trinajstić information content (AvgIpc) is 2.33. The van der Waals surface area contributed by atoms with Crippen LogP contribution in [0.25, 0.3) is 0 Å². The van der Waals surface area contributed by atoms with Crippen molar-refractivity contribution in [2.24, 2.45) is 11.3 Å². The second-order valence-corrected chi connectivity index (χ2v) is 5.71. The second-order valence-electron chi connectivity index (χ2n) is 5.71. The molecule has 17 heavy (non-hydrogen) atoms. The molecule has 1 atom stereocenters. The number of rotatable bonds is 3. The summed E-state index contributed by atoms with van der Waals surface area (Å²) in [5, 5.41) is 9.47. The standard InChI is InChI=1S/C14H22N2O/c1-14(2)5-8-16(10-13(14)11-17)9-12-3-6-15-7-4-12/h3-4,6-7,13,17H,5,8-11H2,1-2H3. The number of piperidine rings is 1. The van der Waals surface area contributed by atoms with E-state index in [1.165, 1.54) is 5.56 Å². The summed E-state index contributed by atoms with van der Waals surface area (Å²) >= 11 is 0. The third kappa shape index (κ3) is 3.05. The van der Waals surface area contributed by atoms with E-state index in [1.807, 2.05) is 12.4 Å². The molecule has 1 aromatic heterocycles. The summed E-state index contributed by atoms with van der Waals surface area (Å²) in [6.45, 7) is 7.89. The van der Waals surface area contributed by atoms with Crippen molar-refractivity contribution >= 4 is 0 Å². The van der Waals surface area contributed by atoms with E-state index < -0.39 is 0 Å². The molecule has 0 saturated carbocycles. The first-order chi connectivity index (χ1) is 8.12. The Morgan fingerprint density at radius 2 is 2.12 bits per heavy atom. The first-order valence-corrected chi connectivity index (χ1v) is 6.34. The fraction of sp³-hybridized carbons (Fsp3) is 0.643. The molecule has 1 N–H and O–H groups in total. The van der Waals surface area contributed by atoms with Crippen LogP contribution in [0.2, 0.25) is 0 Å². The van der Waals surface area contributed by atoms with Crippen molar-refractivity contribution in [1.29, 1.82) is 0 Å². The van der Waals surface area contributed by atoms with E-state index in [0.717, 1.165) is 26.1 Å². The zero-order valence-electron chi connectivity index (χ0n) is 10.8. The lowest BCUT2D eigenvalue weighted by Gasteiger charge is -2.43. The number of likely N-dealkylation sites (tertiary alicyclic amines) is 1. The predicted molar refractivity (Wildman–Crippen MR) is 68.5 cm³/mol. The summed E-state index contributed by atoms with van der Waals surface area (Å²) in [6, 6.07) is 4.13. The highest BCUT2D eigenvalue weighted by molar-refractivity contribution is 5.09. The van der Waals surface area contributed by atoms with Crippen molar-refractivity contribution < 1.29 is 5.11 Å². The molecule has 1 aliphatic heterocycles. The highest BCUT2D eigenvalue weighted by atomic mass is 16.3. The molecule has 1 fully saturated rings. The van der Waals surface area contributed by atoms with Gasteiger partial charge < -0.3 is 5.11 Å². The molecular weight excluding hydrogens is 212 g/mol. The summed E-state index contributed by atoms with van der Waals surface area (Å²) < 4.78 is 0. The normalized spacial score (nSPS) is 24.8. The second kappa shape index (κ2) is 5.15. The average molecular weight is 234 g/mol. The van der Waals surface area contributed by atoms with E-state index in [1.54, 1.807) is 0 Å². The molecule has 1 saturated heterocycles. The minimum absolute atomic E-state index is 0.267. The highest BCUT2D eigenvalue weighted by Gasteiger charge is 2.34. The summed E-state index contributed by atoms with van der Waals surface area (Å²) in [5.41, 5.74) is 1.57. The molecule has 94 valence electrons. The monoisotopic (exact) mass is 234 g/mol. The van der Waals surface area contributed by atoms with Gasteiger partial charge in [0.25, 0.3) is 0 Å². The van der Waals surface area contributed by atoms with Crippen molar-refractivity contribution in [3.63, 3.8) is 0 Å². The molecule has 3 heteroatoms. The number of hydrogen-bond acceptors (Lipinski definition) is 3. The van der Waals surface area contributed by atoms with Crippen LogP contribution in [0.3, 0.4) is 0 Å². The molecule has 0 aromatic carbocycles. The van der Waals surface area contributed by atoms with E-state index in [4.69, 9.17) is 0 Å².